The van der Waals surface area contributed by atoms with Crippen LogP contribution in [0.25, 0.3) is 27.6 Å². The van der Waals surface area contributed by atoms with Gasteiger partial charge >= 0.3 is 5.69 Å². The van der Waals surface area contributed by atoms with Crippen LogP contribution in [0.5, 0.6) is 0 Å². The Morgan fingerprint density at radius 3 is 2.61 bits per heavy atom. The minimum absolute atomic E-state index is 0.0362. The molecule has 0 radical (unpaired) electrons. The Labute approximate surface area is 235 Å². The summed E-state index contributed by atoms with van der Waals surface area (Å²) in [7, 11) is 0. The largest absolute Gasteiger partial charge is 0.341 e. The average Bonchev–Trinajstić information content (AvgIpc) is 3.34. The molecule has 0 bridgehead atoms. The highest BCUT2D eigenvalue weighted by Crippen LogP contribution is 2.25. The van der Waals surface area contributed by atoms with Gasteiger partial charge in [0.1, 0.15) is 5.82 Å². The Bertz CT molecular complexity index is 1960. The van der Waals surface area contributed by atoms with Gasteiger partial charge in [0, 0.05) is 30.2 Å². The number of aromatic nitrogens is 5. The molecule has 10 heteroatoms. The van der Waals surface area contributed by atoms with E-state index in [9.17, 15) is 14.0 Å². The van der Waals surface area contributed by atoms with Crippen LogP contribution in [-0.4, -0.2) is 42.8 Å². The highest BCUT2D eigenvalue weighted by molar-refractivity contribution is 5.85. The molecule has 5 aromatic rings. The summed E-state index contributed by atoms with van der Waals surface area (Å²) < 4.78 is 18.2. The summed E-state index contributed by atoms with van der Waals surface area (Å²) in [5.41, 5.74) is 7.42. The smallest absolute Gasteiger partial charge is 0.337 e. The lowest BCUT2D eigenvalue weighted by atomic mass is 10.1. The zero-order chi connectivity index (χ0) is 28.7. The van der Waals surface area contributed by atoms with E-state index in [0.29, 0.717) is 30.4 Å². The normalized spacial score (nSPS) is 15.3. The van der Waals surface area contributed by atoms with Crippen molar-refractivity contribution in [3.63, 3.8) is 0 Å². The second kappa shape index (κ2) is 10.7. The molecule has 0 unspecified atom stereocenters. The first-order valence-corrected chi connectivity index (χ1v) is 13.6. The van der Waals surface area contributed by atoms with Crippen molar-refractivity contribution in [3.05, 3.63) is 92.6 Å². The Hall–Kier alpha value is -4.75. The van der Waals surface area contributed by atoms with Gasteiger partial charge in [0.05, 0.1) is 24.5 Å². The third kappa shape index (κ3) is 4.78. The van der Waals surface area contributed by atoms with E-state index in [4.69, 9.17) is 15.7 Å². The Morgan fingerprint density at radius 1 is 1.07 bits per heavy atom. The molecule has 9 nitrogen and oxygen atoms in total. The van der Waals surface area contributed by atoms with Crippen molar-refractivity contribution < 1.29 is 4.39 Å². The van der Waals surface area contributed by atoms with E-state index >= 15 is 0 Å². The molecule has 1 aliphatic rings. The monoisotopic (exact) mass is 551 g/mol. The van der Waals surface area contributed by atoms with Crippen molar-refractivity contribution in [3.8, 4) is 17.5 Å². The number of anilines is 1. The van der Waals surface area contributed by atoms with Gasteiger partial charge in [-0.2, -0.15) is 4.98 Å². The number of halogens is 1. The van der Waals surface area contributed by atoms with Gasteiger partial charge in [0.2, 0.25) is 5.95 Å². The van der Waals surface area contributed by atoms with Crippen LogP contribution in [0.15, 0.2) is 64.2 Å². The highest BCUT2D eigenvalue weighted by atomic mass is 19.1. The zero-order valence-electron chi connectivity index (χ0n) is 23.0. The second-order valence-electron chi connectivity index (χ2n) is 10.4. The van der Waals surface area contributed by atoms with E-state index in [0.717, 1.165) is 29.3 Å². The molecule has 1 saturated heterocycles. The first kappa shape index (κ1) is 26.5. The van der Waals surface area contributed by atoms with Crippen molar-refractivity contribution in [2.75, 3.05) is 18.0 Å². The third-order valence-corrected chi connectivity index (χ3v) is 7.51. The summed E-state index contributed by atoms with van der Waals surface area (Å²) in [6.07, 6.45) is 1.78. The van der Waals surface area contributed by atoms with Crippen LogP contribution >= 0.6 is 0 Å². The first-order valence-electron chi connectivity index (χ1n) is 13.6. The molecule has 0 amide bonds. The maximum Gasteiger partial charge on any atom is 0.337 e. The summed E-state index contributed by atoms with van der Waals surface area (Å²) in [4.78, 5) is 40.1. The fourth-order valence-electron chi connectivity index (χ4n) is 5.61. The summed E-state index contributed by atoms with van der Waals surface area (Å²) in [5, 5.41) is 1.82. The molecule has 208 valence electrons. The van der Waals surface area contributed by atoms with E-state index in [1.54, 1.807) is 11.5 Å². The number of rotatable bonds is 5. The number of aryl methyl sites for hydroxylation is 1. The minimum atomic E-state index is -0.588. The first-order chi connectivity index (χ1) is 19.9. The summed E-state index contributed by atoms with van der Waals surface area (Å²) in [6.45, 7) is 5.05. The number of nitrogens with two attached hydrogens (primary N) is 1. The molecule has 4 heterocycles. The van der Waals surface area contributed by atoms with Crippen LogP contribution in [0.3, 0.4) is 0 Å². The van der Waals surface area contributed by atoms with E-state index in [-0.39, 0.29) is 30.3 Å². The Balaban J connectivity index is 1.67. The molecule has 1 fully saturated rings. The van der Waals surface area contributed by atoms with Crippen molar-refractivity contribution in [2.24, 2.45) is 5.73 Å². The van der Waals surface area contributed by atoms with Crippen molar-refractivity contribution in [2.45, 2.75) is 45.8 Å². The predicted octanol–water partition coefficient (Wildman–Crippen LogP) is 3.34. The molecule has 0 spiro atoms. The summed E-state index contributed by atoms with van der Waals surface area (Å²) in [5.74, 6) is 6.06. The number of hydrogen-bond acceptors (Lipinski definition) is 6. The molecule has 2 N–H and O–H groups in total. The van der Waals surface area contributed by atoms with Crippen LogP contribution < -0.4 is 21.9 Å². The van der Waals surface area contributed by atoms with Crippen molar-refractivity contribution >= 4 is 27.9 Å². The average molecular weight is 552 g/mol. The van der Waals surface area contributed by atoms with E-state index in [1.807, 2.05) is 42.2 Å². The standard InChI is InChI=1S/C31H30FN7O2/c1-3-4-16-37-27-28(35-30(37)36-15-7-9-23(33)18-36)39(24-13-11-22(32)12-14-24)31(41)38(29(27)40)19-26-25-10-6-5-8-21(25)17-20(2)34-26/h5-6,8,10-14,17,23H,7,9,15-16,18-19,33H2,1-2H3/t23-/m1/s1. The fraction of sp³-hybridized carbons (Fsp3) is 0.290. The number of imidazole rings is 1. The molecular weight excluding hydrogens is 521 g/mol. The quantitative estimate of drug-likeness (QED) is 0.336. The highest BCUT2D eigenvalue weighted by Gasteiger charge is 2.27. The topological polar surface area (TPSA) is 104 Å². The van der Waals surface area contributed by atoms with Crippen molar-refractivity contribution in [1.82, 2.24) is 23.7 Å². The fourth-order valence-corrected chi connectivity index (χ4v) is 5.61. The van der Waals surface area contributed by atoms with Crippen LogP contribution in [0, 0.1) is 24.6 Å². The SMILES string of the molecule is CC#CCn1c(N2CCC[C@@H](N)C2)nc2c1c(=O)n(Cc1nc(C)cc3ccccc13)c(=O)n2-c1ccc(F)cc1. The van der Waals surface area contributed by atoms with Crippen LogP contribution in [0.4, 0.5) is 10.3 Å². The summed E-state index contributed by atoms with van der Waals surface area (Å²) >= 11 is 0. The molecule has 1 atom stereocenters. The Kier molecular flexibility index (Phi) is 6.89. The van der Waals surface area contributed by atoms with E-state index < -0.39 is 17.1 Å². The van der Waals surface area contributed by atoms with Gasteiger partial charge in [-0.25, -0.2) is 13.8 Å². The number of nitrogens with zero attached hydrogens (tertiary/aromatic N) is 6. The molecule has 6 rings (SSSR count). The molecule has 0 aliphatic carbocycles. The van der Waals surface area contributed by atoms with Gasteiger partial charge in [-0.3, -0.25) is 18.9 Å². The lowest BCUT2D eigenvalue weighted by molar-refractivity contribution is 0.496. The number of piperidine rings is 1. The predicted molar refractivity (Wildman–Crippen MR) is 158 cm³/mol. The second-order valence-corrected chi connectivity index (χ2v) is 10.4. The lowest BCUT2D eigenvalue weighted by Gasteiger charge is -2.31. The van der Waals surface area contributed by atoms with Gasteiger partial charge in [0.25, 0.3) is 5.56 Å². The molecule has 3 aromatic heterocycles. The minimum Gasteiger partial charge on any atom is -0.341 e. The third-order valence-electron chi connectivity index (χ3n) is 7.51. The van der Waals surface area contributed by atoms with Gasteiger partial charge in [-0.05, 0) is 62.4 Å². The zero-order valence-corrected chi connectivity index (χ0v) is 23.0. The molecular formula is C31H30FN7O2. The van der Waals surface area contributed by atoms with E-state index in [2.05, 4.69) is 11.8 Å². The Morgan fingerprint density at radius 2 is 1.85 bits per heavy atom. The number of hydrogen-bond donors (Lipinski definition) is 1. The van der Waals surface area contributed by atoms with Crippen LogP contribution in [-0.2, 0) is 13.1 Å². The number of fused-ring (bicyclic) bond motifs is 2. The van der Waals surface area contributed by atoms with Crippen LogP contribution in [0.1, 0.15) is 31.2 Å². The lowest BCUT2D eigenvalue weighted by Crippen LogP contribution is -2.44. The van der Waals surface area contributed by atoms with Gasteiger partial charge in [0.15, 0.2) is 11.2 Å². The van der Waals surface area contributed by atoms with Gasteiger partial charge in [-0.1, -0.05) is 30.2 Å². The number of pyridine rings is 1. The maximum absolute atomic E-state index is 14.3. The van der Waals surface area contributed by atoms with Crippen LogP contribution in [0.2, 0.25) is 0 Å². The van der Waals surface area contributed by atoms with Gasteiger partial charge in [-0.15, -0.1) is 5.92 Å². The number of benzene rings is 2. The molecule has 2 aromatic carbocycles. The molecule has 41 heavy (non-hydrogen) atoms. The molecule has 1 aliphatic heterocycles. The molecule has 0 saturated carbocycles. The van der Waals surface area contributed by atoms with Gasteiger partial charge < -0.3 is 10.6 Å². The summed E-state index contributed by atoms with van der Waals surface area (Å²) in [6, 6.07) is 15.3. The maximum atomic E-state index is 14.3. The van der Waals surface area contributed by atoms with E-state index in [1.165, 1.54) is 33.4 Å². The van der Waals surface area contributed by atoms with Crippen molar-refractivity contribution in [1.29, 1.82) is 0 Å².